The number of thiol groups is 1. The van der Waals surface area contributed by atoms with E-state index < -0.39 is 5.44 Å². The van der Waals surface area contributed by atoms with Crippen molar-refractivity contribution in [2.75, 3.05) is 6.61 Å². The minimum atomic E-state index is -0.909. The van der Waals surface area contributed by atoms with Gasteiger partial charge >= 0.3 is 5.97 Å². The molecule has 0 rings (SSSR count). The lowest BCUT2D eigenvalue weighted by atomic mass is 10.0. The molecular weight excluding hydrogens is 212 g/mol. The van der Waals surface area contributed by atoms with E-state index in [2.05, 4.69) is 26.5 Å². The Bertz CT molecular complexity index is 171. The molecule has 0 saturated heterocycles. The summed E-state index contributed by atoms with van der Waals surface area (Å²) in [6.45, 7) is 4.72. The first-order chi connectivity index (χ1) is 7.10. The maximum atomic E-state index is 11.1. The number of aliphatic hydroxyl groups excluding tert-OH is 1. The van der Waals surface area contributed by atoms with Crippen LogP contribution in [0.15, 0.2) is 0 Å². The van der Waals surface area contributed by atoms with Gasteiger partial charge < -0.3 is 9.84 Å². The van der Waals surface area contributed by atoms with Crippen LogP contribution in [0.3, 0.4) is 0 Å². The fraction of sp³-hybridized carbons (Fsp3) is 0.909. The molecule has 0 spiro atoms. The molecule has 2 atom stereocenters. The number of aliphatic hydroxyl groups is 1. The summed E-state index contributed by atoms with van der Waals surface area (Å²) in [6, 6.07) is 0. The van der Waals surface area contributed by atoms with Crippen LogP contribution in [0.25, 0.3) is 0 Å². The smallest absolute Gasteiger partial charge is 0.309 e. The minimum absolute atomic E-state index is 0.0344. The summed E-state index contributed by atoms with van der Waals surface area (Å²) in [5, 5.41) is 8.85. The highest BCUT2D eigenvalue weighted by Crippen LogP contribution is 2.13. The molecule has 90 valence electrons. The molecule has 0 aromatic heterocycles. The van der Waals surface area contributed by atoms with Gasteiger partial charge in [0.05, 0.1) is 13.0 Å². The van der Waals surface area contributed by atoms with E-state index in [4.69, 9.17) is 9.84 Å². The SMILES string of the molecule is CCCCC(CC)COC(=O)CC(O)S. The monoisotopic (exact) mass is 234 g/mol. The van der Waals surface area contributed by atoms with E-state index in [9.17, 15) is 4.79 Å². The van der Waals surface area contributed by atoms with Crippen molar-refractivity contribution < 1.29 is 14.6 Å². The Kier molecular flexibility index (Phi) is 8.91. The van der Waals surface area contributed by atoms with Gasteiger partial charge in [-0.15, -0.1) is 12.6 Å². The minimum Gasteiger partial charge on any atom is -0.465 e. The largest absolute Gasteiger partial charge is 0.465 e. The summed E-state index contributed by atoms with van der Waals surface area (Å²) in [5.41, 5.74) is -0.909. The first-order valence-electron chi connectivity index (χ1n) is 5.61. The number of carbonyl (C=O) groups excluding carboxylic acids is 1. The number of rotatable bonds is 8. The summed E-state index contributed by atoms with van der Waals surface area (Å²) >= 11 is 3.72. The molecule has 0 saturated carbocycles. The lowest BCUT2D eigenvalue weighted by molar-refractivity contribution is -0.146. The molecule has 2 unspecified atom stereocenters. The van der Waals surface area contributed by atoms with Crippen molar-refractivity contribution in [3.63, 3.8) is 0 Å². The van der Waals surface area contributed by atoms with Crippen LogP contribution in [0.4, 0.5) is 0 Å². The standard InChI is InChI=1S/C11H22O3S/c1-3-5-6-9(4-2)8-14-10(12)7-11(13)15/h9,11,13,15H,3-8H2,1-2H3. The molecule has 3 nitrogen and oxygen atoms in total. The van der Waals surface area contributed by atoms with Gasteiger partial charge in [0.25, 0.3) is 0 Å². The molecule has 0 radical (unpaired) electrons. The quantitative estimate of drug-likeness (QED) is 0.385. The molecule has 0 amide bonds. The van der Waals surface area contributed by atoms with E-state index in [1.165, 1.54) is 12.8 Å². The second-order valence-corrected chi connectivity index (χ2v) is 4.38. The first-order valence-corrected chi connectivity index (χ1v) is 6.13. The van der Waals surface area contributed by atoms with Gasteiger partial charge in [-0.25, -0.2) is 0 Å². The van der Waals surface area contributed by atoms with Gasteiger partial charge in [0, 0.05) is 0 Å². The van der Waals surface area contributed by atoms with E-state index in [1.54, 1.807) is 0 Å². The maximum Gasteiger partial charge on any atom is 0.309 e. The third-order valence-corrected chi connectivity index (χ3v) is 2.56. The van der Waals surface area contributed by atoms with Crippen LogP contribution < -0.4 is 0 Å². The fourth-order valence-corrected chi connectivity index (χ4v) is 1.47. The Labute approximate surface area is 97.6 Å². The van der Waals surface area contributed by atoms with Crippen LogP contribution >= 0.6 is 12.6 Å². The number of hydrogen-bond donors (Lipinski definition) is 2. The first kappa shape index (κ1) is 14.8. The molecule has 1 N–H and O–H groups in total. The van der Waals surface area contributed by atoms with Gasteiger partial charge in [0.1, 0.15) is 5.44 Å². The van der Waals surface area contributed by atoms with Crippen LogP contribution in [0.2, 0.25) is 0 Å². The van der Waals surface area contributed by atoms with E-state index in [-0.39, 0.29) is 12.4 Å². The molecular formula is C11H22O3S. The molecule has 0 aliphatic carbocycles. The zero-order chi connectivity index (χ0) is 11.7. The van der Waals surface area contributed by atoms with E-state index in [0.717, 1.165) is 12.8 Å². The predicted octanol–water partition coefficient (Wildman–Crippen LogP) is 2.38. The highest BCUT2D eigenvalue weighted by atomic mass is 32.1. The molecule has 0 heterocycles. The Morgan fingerprint density at radius 1 is 1.47 bits per heavy atom. The maximum absolute atomic E-state index is 11.1. The number of esters is 1. The molecule has 0 aliphatic rings. The normalized spacial score (nSPS) is 14.7. The molecule has 0 aromatic rings. The average Bonchev–Trinajstić information content (AvgIpc) is 2.17. The Morgan fingerprint density at radius 2 is 2.13 bits per heavy atom. The van der Waals surface area contributed by atoms with Crippen LogP contribution in [-0.4, -0.2) is 23.1 Å². The number of hydrogen-bond acceptors (Lipinski definition) is 4. The highest BCUT2D eigenvalue weighted by Gasteiger charge is 2.11. The number of carbonyl (C=O) groups is 1. The predicted molar refractivity (Wildman–Crippen MR) is 63.9 cm³/mol. The third-order valence-electron chi connectivity index (χ3n) is 2.37. The average molecular weight is 234 g/mol. The van der Waals surface area contributed by atoms with Crippen molar-refractivity contribution in [3.8, 4) is 0 Å². The summed E-state index contributed by atoms with van der Waals surface area (Å²) in [7, 11) is 0. The fourth-order valence-electron chi connectivity index (χ4n) is 1.32. The van der Waals surface area contributed by atoms with E-state index in [0.29, 0.717) is 12.5 Å². The Morgan fingerprint density at radius 3 is 2.60 bits per heavy atom. The zero-order valence-electron chi connectivity index (χ0n) is 9.61. The van der Waals surface area contributed by atoms with Crippen molar-refractivity contribution >= 4 is 18.6 Å². The van der Waals surface area contributed by atoms with Gasteiger partial charge in [0.2, 0.25) is 0 Å². The number of unbranched alkanes of at least 4 members (excludes halogenated alkanes) is 1. The molecule has 0 fully saturated rings. The third kappa shape index (κ3) is 8.75. The van der Waals surface area contributed by atoms with Crippen molar-refractivity contribution in [2.45, 2.75) is 51.4 Å². The lowest BCUT2D eigenvalue weighted by Gasteiger charge is -2.14. The second kappa shape index (κ2) is 9.04. The van der Waals surface area contributed by atoms with Gasteiger partial charge in [-0.05, 0) is 12.3 Å². The van der Waals surface area contributed by atoms with E-state index in [1.807, 2.05) is 0 Å². The van der Waals surface area contributed by atoms with Gasteiger partial charge in [-0.2, -0.15) is 0 Å². The van der Waals surface area contributed by atoms with Crippen LogP contribution in [0, 0.1) is 5.92 Å². The van der Waals surface area contributed by atoms with Gasteiger partial charge in [-0.1, -0.05) is 33.1 Å². The molecule has 15 heavy (non-hydrogen) atoms. The summed E-state index contributed by atoms with van der Waals surface area (Å²) in [5.74, 6) is 0.0819. The van der Waals surface area contributed by atoms with Crippen LogP contribution in [0.1, 0.15) is 46.0 Å². The van der Waals surface area contributed by atoms with Crippen LogP contribution in [-0.2, 0) is 9.53 Å². The Balaban J connectivity index is 3.65. The topological polar surface area (TPSA) is 46.5 Å². The van der Waals surface area contributed by atoms with Crippen molar-refractivity contribution in [3.05, 3.63) is 0 Å². The molecule has 0 bridgehead atoms. The van der Waals surface area contributed by atoms with Crippen molar-refractivity contribution in [2.24, 2.45) is 5.92 Å². The lowest BCUT2D eigenvalue weighted by Crippen LogP contribution is -2.16. The zero-order valence-corrected chi connectivity index (χ0v) is 10.5. The summed E-state index contributed by atoms with van der Waals surface area (Å²) in [4.78, 5) is 11.1. The highest BCUT2D eigenvalue weighted by molar-refractivity contribution is 7.80. The van der Waals surface area contributed by atoms with Crippen molar-refractivity contribution in [1.29, 1.82) is 0 Å². The Hall–Kier alpha value is -0.220. The van der Waals surface area contributed by atoms with Crippen molar-refractivity contribution in [1.82, 2.24) is 0 Å². The van der Waals surface area contributed by atoms with Gasteiger partial charge in [-0.3, -0.25) is 4.79 Å². The molecule has 4 heteroatoms. The molecule has 0 aliphatic heterocycles. The van der Waals surface area contributed by atoms with Crippen LogP contribution in [0.5, 0.6) is 0 Å². The van der Waals surface area contributed by atoms with Gasteiger partial charge in [0.15, 0.2) is 0 Å². The number of ether oxygens (including phenoxy) is 1. The molecule has 0 aromatic carbocycles. The van der Waals surface area contributed by atoms with E-state index >= 15 is 0 Å². The summed E-state index contributed by atoms with van der Waals surface area (Å²) < 4.78 is 5.06. The second-order valence-electron chi connectivity index (χ2n) is 3.78. The summed E-state index contributed by atoms with van der Waals surface area (Å²) in [6.07, 6.45) is 4.43.